The third-order valence-corrected chi connectivity index (χ3v) is 5.33. The first kappa shape index (κ1) is 20.7. The van der Waals surface area contributed by atoms with Crippen molar-refractivity contribution in [2.75, 3.05) is 23.7 Å². The number of carbonyl (C=O) groups is 3. The standard InChI is InChI=1S/C22H22ClN5O3/c1-13(29)25-15-3-2-4-16(10-15)26-21(30)11-24-22(31)28-8-7-17-18-9-14(23)5-6-19(18)27-20(17)12-28/h2-6,9-10,27H,7-8,11-12H2,1H3,(H,24,31)(H,25,29)(H,26,30). The van der Waals surface area contributed by atoms with Crippen LogP contribution in [0.4, 0.5) is 16.2 Å². The molecule has 0 fully saturated rings. The number of amides is 4. The summed E-state index contributed by atoms with van der Waals surface area (Å²) in [5.74, 6) is -0.551. The Morgan fingerprint density at radius 2 is 1.87 bits per heavy atom. The van der Waals surface area contributed by atoms with Gasteiger partial charge in [0.2, 0.25) is 11.8 Å². The minimum absolute atomic E-state index is 0.158. The van der Waals surface area contributed by atoms with Crippen molar-refractivity contribution >= 4 is 51.7 Å². The monoisotopic (exact) mass is 439 g/mol. The number of aromatic nitrogens is 1. The summed E-state index contributed by atoms with van der Waals surface area (Å²) in [5.41, 5.74) is 4.27. The van der Waals surface area contributed by atoms with Gasteiger partial charge in [0.15, 0.2) is 0 Å². The molecule has 2 heterocycles. The summed E-state index contributed by atoms with van der Waals surface area (Å²) < 4.78 is 0. The second kappa shape index (κ2) is 8.69. The number of nitrogens with one attached hydrogen (secondary N) is 4. The van der Waals surface area contributed by atoms with Crippen LogP contribution < -0.4 is 16.0 Å². The minimum Gasteiger partial charge on any atom is -0.357 e. The van der Waals surface area contributed by atoms with Crippen LogP contribution in [-0.4, -0.2) is 40.8 Å². The third kappa shape index (κ3) is 4.80. The second-order valence-electron chi connectivity index (χ2n) is 7.41. The van der Waals surface area contributed by atoms with Crippen LogP contribution in [0.2, 0.25) is 5.02 Å². The van der Waals surface area contributed by atoms with E-state index in [1.165, 1.54) is 12.5 Å². The van der Waals surface area contributed by atoms with Gasteiger partial charge in [-0.3, -0.25) is 9.59 Å². The summed E-state index contributed by atoms with van der Waals surface area (Å²) in [7, 11) is 0. The van der Waals surface area contributed by atoms with Gasteiger partial charge in [0, 0.05) is 46.5 Å². The molecule has 0 radical (unpaired) electrons. The first-order valence-electron chi connectivity index (χ1n) is 9.88. The van der Waals surface area contributed by atoms with E-state index >= 15 is 0 Å². The summed E-state index contributed by atoms with van der Waals surface area (Å²) in [6.07, 6.45) is 0.714. The number of hydrogen-bond acceptors (Lipinski definition) is 3. The number of hydrogen-bond donors (Lipinski definition) is 4. The largest absolute Gasteiger partial charge is 0.357 e. The highest BCUT2D eigenvalue weighted by atomic mass is 35.5. The molecule has 8 nitrogen and oxygen atoms in total. The van der Waals surface area contributed by atoms with E-state index in [9.17, 15) is 14.4 Å². The predicted octanol–water partition coefficient (Wildman–Crippen LogP) is 3.49. The lowest BCUT2D eigenvalue weighted by Crippen LogP contribution is -2.45. The Morgan fingerprint density at radius 3 is 2.65 bits per heavy atom. The zero-order valence-corrected chi connectivity index (χ0v) is 17.7. The average molecular weight is 440 g/mol. The molecule has 2 aromatic carbocycles. The first-order valence-corrected chi connectivity index (χ1v) is 10.3. The number of halogens is 1. The van der Waals surface area contributed by atoms with Gasteiger partial charge in [-0.25, -0.2) is 4.79 Å². The Balaban J connectivity index is 1.33. The van der Waals surface area contributed by atoms with E-state index in [1.807, 2.05) is 18.2 Å². The van der Waals surface area contributed by atoms with E-state index < -0.39 is 0 Å². The molecule has 3 aromatic rings. The highest BCUT2D eigenvalue weighted by molar-refractivity contribution is 6.31. The summed E-state index contributed by atoms with van der Waals surface area (Å²) in [5, 5.41) is 9.80. The SMILES string of the molecule is CC(=O)Nc1cccc(NC(=O)CNC(=O)N2CCc3c([nH]c4ccc(Cl)cc34)C2)c1. The number of fused-ring (bicyclic) bond motifs is 3. The van der Waals surface area contributed by atoms with Gasteiger partial charge in [-0.05, 0) is 48.4 Å². The van der Waals surface area contributed by atoms with Gasteiger partial charge in [-0.1, -0.05) is 17.7 Å². The number of aromatic amines is 1. The number of carbonyl (C=O) groups excluding carboxylic acids is 3. The van der Waals surface area contributed by atoms with E-state index in [2.05, 4.69) is 20.9 Å². The fraction of sp³-hybridized carbons (Fsp3) is 0.227. The van der Waals surface area contributed by atoms with Gasteiger partial charge in [-0.15, -0.1) is 0 Å². The maximum Gasteiger partial charge on any atom is 0.318 e. The quantitative estimate of drug-likeness (QED) is 0.500. The topological polar surface area (TPSA) is 106 Å². The van der Waals surface area contributed by atoms with Crippen molar-refractivity contribution in [2.45, 2.75) is 19.9 Å². The number of urea groups is 1. The predicted molar refractivity (Wildman–Crippen MR) is 120 cm³/mol. The molecule has 4 N–H and O–H groups in total. The van der Waals surface area contributed by atoms with Crippen LogP contribution in [0.1, 0.15) is 18.2 Å². The number of benzene rings is 2. The molecule has 0 spiro atoms. The van der Waals surface area contributed by atoms with Gasteiger partial charge >= 0.3 is 6.03 Å². The fourth-order valence-corrected chi connectivity index (χ4v) is 3.91. The van der Waals surface area contributed by atoms with Crippen molar-refractivity contribution in [3.8, 4) is 0 Å². The van der Waals surface area contributed by atoms with Crippen molar-refractivity contribution in [2.24, 2.45) is 0 Å². The summed E-state index contributed by atoms with van der Waals surface area (Å²) >= 11 is 6.11. The lowest BCUT2D eigenvalue weighted by Gasteiger charge is -2.27. The molecule has 0 saturated heterocycles. The third-order valence-electron chi connectivity index (χ3n) is 5.09. The minimum atomic E-state index is -0.355. The molecule has 4 rings (SSSR count). The highest BCUT2D eigenvalue weighted by Crippen LogP contribution is 2.29. The maximum atomic E-state index is 12.6. The van der Waals surface area contributed by atoms with Crippen molar-refractivity contribution in [1.82, 2.24) is 15.2 Å². The van der Waals surface area contributed by atoms with Crippen LogP contribution in [0.3, 0.4) is 0 Å². The highest BCUT2D eigenvalue weighted by Gasteiger charge is 2.24. The van der Waals surface area contributed by atoms with E-state index in [0.29, 0.717) is 35.9 Å². The van der Waals surface area contributed by atoms with Gasteiger partial charge in [-0.2, -0.15) is 0 Å². The molecule has 1 aromatic heterocycles. The maximum absolute atomic E-state index is 12.6. The Kier molecular flexibility index (Phi) is 5.81. The van der Waals surface area contributed by atoms with Crippen molar-refractivity contribution in [1.29, 1.82) is 0 Å². The van der Waals surface area contributed by atoms with Gasteiger partial charge in [0.1, 0.15) is 0 Å². The molecule has 4 amide bonds. The molecule has 0 bridgehead atoms. The number of nitrogens with zero attached hydrogens (tertiary/aromatic N) is 1. The van der Waals surface area contributed by atoms with Gasteiger partial charge in [0.25, 0.3) is 0 Å². The number of rotatable bonds is 4. The van der Waals surface area contributed by atoms with Crippen molar-refractivity contribution in [3.63, 3.8) is 0 Å². The Hall–Kier alpha value is -3.52. The smallest absolute Gasteiger partial charge is 0.318 e. The van der Waals surface area contributed by atoms with E-state index in [-0.39, 0.29) is 24.4 Å². The molecule has 31 heavy (non-hydrogen) atoms. The van der Waals surface area contributed by atoms with Crippen LogP contribution in [0, 0.1) is 0 Å². The Bertz CT molecular complexity index is 1170. The molecule has 160 valence electrons. The normalized spacial score (nSPS) is 12.9. The fourth-order valence-electron chi connectivity index (χ4n) is 3.74. The zero-order chi connectivity index (χ0) is 22.0. The summed E-state index contributed by atoms with van der Waals surface area (Å²) in [6, 6.07) is 12.2. The van der Waals surface area contributed by atoms with E-state index in [0.717, 1.165) is 16.6 Å². The van der Waals surface area contributed by atoms with Crippen LogP contribution in [0.25, 0.3) is 10.9 Å². The Morgan fingerprint density at radius 1 is 1.10 bits per heavy atom. The van der Waals surface area contributed by atoms with Gasteiger partial charge < -0.3 is 25.8 Å². The molecule has 0 saturated carbocycles. The number of anilines is 2. The number of H-pyrrole nitrogens is 1. The average Bonchev–Trinajstić information content (AvgIpc) is 3.08. The van der Waals surface area contributed by atoms with Crippen LogP contribution in [0.15, 0.2) is 42.5 Å². The molecular formula is C22H22ClN5O3. The van der Waals surface area contributed by atoms with Crippen molar-refractivity contribution in [3.05, 3.63) is 58.7 Å². The Labute approximate surface area is 183 Å². The van der Waals surface area contributed by atoms with Crippen molar-refractivity contribution < 1.29 is 14.4 Å². The second-order valence-corrected chi connectivity index (χ2v) is 7.85. The van der Waals surface area contributed by atoms with Crippen LogP contribution in [0.5, 0.6) is 0 Å². The van der Waals surface area contributed by atoms with E-state index in [1.54, 1.807) is 29.2 Å². The molecule has 1 aliphatic heterocycles. The molecule has 0 aliphatic carbocycles. The summed E-state index contributed by atoms with van der Waals surface area (Å²) in [4.78, 5) is 41.0. The van der Waals surface area contributed by atoms with E-state index in [4.69, 9.17) is 11.6 Å². The molecule has 0 atom stereocenters. The van der Waals surface area contributed by atoms with Crippen LogP contribution >= 0.6 is 11.6 Å². The molecule has 0 unspecified atom stereocenters. The molecule has 1 aliphatic rings. The first-order chi connectivity index (χ1) is 14.9. The molecular weight excluding hydrogens is 418 g/mol. The molecule has 9 heteroatoms. The lowest BCUT2D eigenvalue weighted by atomic mass is 10.0. The summed E-state index contributed by atoms with van der Waals surface area (Å²) in [6.45, 7) is 2.25. The zero-order valence-electron chi connectivity index (χ0n) is 16.9. The lowest BCUT2D eigenvalue weighted by molar-refractivity contribution is -0.115. The van der Waals surface area contributed by atoms with Gasteiger partial charge in [0.05, 0.1) is 13.1 Å². The van der Waals surface area contributed by atoms with Crippen LogP contribution in [-0.2, 0) is 22.6 Å².